The van der Waals surface area contributed by atoms with Gasteiger partial charge in [-0.15, -0.1) is 11.3 Å². The Bertz CT molecular complexity index is 781. The first-order chi connectivity index (χ1) is 9.79. The molecule has 0 aliphatic carbocycles. The van der Waals surface area contributed by atoms with E-state index in [1.54, 1.807) is 23.5 Å². The van der Waals surface area contributed by atoms with Crippen LogP contribution in [0.1, 0.15) is 22.2 Å². The molecule has 0 bridgehead atoms. The third kappa shape index (κ3) is 2.01. The lowest BCUT2D eigenvalue weighted by Crippen LogP contribution is -2.28. The van der Waals surface area contributed by atoms with E-state index in [2.05, 4.69) is 34.6 Å². The van der Waals surface area contributed by atoms with Gasteiger partial charge >= 0.3 is 0 Å². The highest BCUT2D eigenvalue weighted by Gasteiger charge is 2.22. The highest BCUT2D eigenvalue weighted by atomic mass is 32.1. The minimum absolute atomic E-state index is 0.199. The van der Waals surface area contributed by atoms with E-state index >= 15 is 0 Å². The fourth-order valence-corrected chi connectivity index (χ4v) is 3.76. The summed E-state index contributed by atoms with van der Waals surface area (Å²) < 4.78 is 14.2. The molecule has 2 nitrogen and oxygen atoms in total. The second-order valence-corrected chi connectivity index (χ2v) is 6.13. The lowest BCUT2D eigenvalue weighted by molar-refractivity contribution is 0.497. The van der Waals surface area contributed by atoms with Crippen molar-refractivity contribution in [2.75, 3.05) is 0 Å². The highest BCUT2D eigenvalue weighted by molar-refractivity contribution is 7.18. The minimum Gasteiger partial charge on any atom is -0.304 e. The lowest BCUT2D eigenvalue weighted by atomic mass is 9.96. The Hall–Kier alpha value is -1.78. The quantitative estimate of drug-likeness (QED) is 0.734. The summed E-state index contributed by atoms with van der Waals surface area (Å²) in [5.74, 6) is -0.199. The molecule has 0 saturated carbocycles. The van der Waals surface area contributed by atoms with Crippen LogP contribution < -0.4 is 5.32 Å². The Morgan fingerprint density at radius 1 is 1.15 bits per heavy atom. The average Bonchev–Trinajstić information content (AvgIpc) is 2.89. The van der Waals surface area contributed by atoms with Crippen molar-refractivity contribution in [3.05, 3.63) is 64.4 Å². The molecular weight excluding hydrogens is 271 g/mol. The molecule has 2 aromatic carbocycles. The van der Waals surface area contributed by atoms with Crippen molar-refractivity contribution in [2.24, 2.45) is 0 Å². The van der Waals surface area contributed by atoms with Crippen LogP contribution in [0.2, 0.25) is 0 Å². The molecule has 2 heterocycles. The van der Waals surface area contributed by atoms with Crippen molar-refractivity contribution in [1.82, 2.24) is 10.3 Å². The molecule has 20 heavy (non-hydrogen) atoms. The van der Waals surface area contributed by atoms with Crippen molar-refractivity contribution >= 4 is 21.6 Å². The summed E-state index contributed by atoms with van der Waals surface area (Å²) in [5.41, 5.74) is 3.62. The van der Waals surface area contributed by atoms with Gasteiger partial charge in [0.25, 0.3) is 0 Å². The molecule has 0 radical (unpaired) electrons. The molecule has 0 saturated heterocycles. The summed E-state index contributed by atoms with van der Waals surface area (Å²) in [6.45, 7) is 0.866. The molecule has 3 aromatic rings. The van der Waals surface area contributed by atoms with Gasteiger partial charge in [0, 0.05) is 6.54 Å². The minimum atomic E-state index is -0.199. The van der Waals surface area contributed by atoms with Gasteiger partial charge in [-0.2, -0.15) is 0 Å². The van der Waals surface area contributed by atoms with Crippen LogP contribution in [0.15, 0.2) is 42.5 Å². The highest BCUT2D eigenvalue weighted by Crippen LogP contribution is 2.31. The van der Waals surface area contributed by atoms with Crippen molar-refractivity contribution in [1.29, 1.82) is 0 Å². The second-order valence-electron chi connectivity index (χ2n) is 5.07. The number of halogens is 1. The molecule has 0 amide bonds. The van der Waals surface area contributed by atoms with Crippen LogP contribution >= 0.6 is 11.3 Å². The zero-order valence-electron chi connectivity index (χ0n) is 10.8. The maximum atomic E-state index is 13.2. The number of hydrogen-bond donors (Lipinski definition) is 1. The second kappa shape index (κ2) is 4.65. The van der Waals surface area contributed by atoms with Gasteiger partial charge in [-0.1, -0.05) is 24.3 Å². The van der Waals surface area contributed by atoms with Crippen molar-refractivity contribution in [2.45, 2.75) is 19.0 Å². The number of thiazole rings is 1. The van der Waals surface area contributed by atoms with Gasteiger partial charge in [0.2, 0.25) is 0 Å². The van der Waals surface area contributed by atoms with Crippen LogP contribution in [0.3, 0.4) is 0 Å². The maximum Gasteiger partial charge on any atom is 0.124 e. The summed E-state index contributed by atoms with van der Waals surface area (Å²) in [7, 11) is 0. The van der Waals surface area contributed by atoms with Crippen LogP contribution in [0.4, 0.5) is 4.39 Å². The molecule has 1 N–H and O–H groups in total. The number of hydrogen-bond acceptors (Lipinski definition) is 3. The number of fused-ring (bicyclic) bond motifs is 2. The molecule has 4 rings (SSSR count). The van der Waals surface area contributed by atoms with E-state index in [0.29, 0.717) is 0 Å². The largest absolute Gasteiger partial charge is 0.304 e. The zero-order valence-corrected chi connectivity index (χ0v) is 11.6. The molecule has 0 fully saturated rings. The number of rotatable bonds is 1. The first kappa shape index (κ1) is 12.0. The molecule has 1 unspecified atom stereocenters. The zero-order chi connectivity index (χ0) is 13.5. The Kier molecular flexibility index (Phi) is 2.79. The first-order valence-electron chi connectivity index (χ1n) is 6.66. The van der Waals surface area contributed by atoms with E-state index < -0.39 is 0 Å². The Balaban J connectivity index is 1.70. The Labute approximate surface area is 120 Å². The standard InChI is InChI=1S/C16H13FN2S/c17-12-5-6-13-15(8-12)20-16(19-13)14-7-10-3-1-2-4-11(10)9-18-14/h1-6,8,14,18H,7,9H2. The fraction of sp³-hybridized carbons (Fsp3) is 0.188. The van der Waals surface area contributed by atoms with Gasteiger partial charge in [0.05, 0.1) is 16.3 Å². The van der Waals surface area contributed by atoms with E-state index in [9.17, 15) is 4.39 Å². The van der Waals surface area contributed by atoms with Gasteiger partial charge in [0.1, 0.15) is 10.8 Å². The number of nitrogens with one attached hydrogen (secondary N) is 1. The Morgan fingerprint density at radius 2 is 2.00 bits per heavy atom. The number of nitrogens with zero attached hydrogens (tertiary/aromatic N) is 1. The molecule has 0 spiro atoms. The summed E-state index contributed by atoms with van der Waals surface area (Å²) in [4.78, 5) is 4.64. The van der Waals surface area contributed by atoms with Gasteiger partial charge in [-0.25, -0.2) is 9.37 Å². The Morgan fingerprint density at radius 3 is 2.90 bits per heavy atom. The topological polar surface area (TPSA) is 24.9 Å². The van der Waals surface area contributed by atoms with Crippen LogP contribution in [0.5, 0.6) is 0 Å². The normalized spacial score (nSPS) is 18.1. The molecule has 1 aliphatic heterocycles. The van der Waals surface area contributed by atoms with E-state index in [1.165, 1.54) is 17.2 Å². The molecule has 1 aromatic heterocycles. The smallest absolute Gasteiger partial charge is 0.124 e. The molecule has 1 atom stereocenters. The number of aromatic nitrogens is 1. The summed E-state index contributed by atoms with van der Waals surface area (Å²) in [5, 5.41) is 4.56. The lowest BCUT2D eigenvalue weighted by Gasteiger charge is -2.24. The van der Waals surface area contributed by atoms with E-state index in [-0.39, 0.29) is 11.9 Å². The summed E-state index contributed by atoms with van der Waals surface area (Å²) in [6, 6.07) is 13.5. The first-order valence-corrected chi connectivity index (χ1v) is 7.47. The SMILES string of the molecule is Fc1ccc2nc(C3Cc4ccccc4CN3)sc2c1. The van der Waals surface area contributed by atoms with Crippen LogP contribution in [-0.2, 0) is 13.0 Å². The average molecular weight is 284 g/mol. The van der Waals surface area contributed by atoms with Gasteiger partial charge in [-0.05, 0) is 35.7 Å². The van der Waals surface area contributed by atoms with Crippen LogP contribution in [0, 0.1) is 5.82 Å². The van der Waals surface area contributed by atoms with E-state index in [1.807, 2.05) is 0 Å². The summed E-state index contributed by atoms with van der Waals surface area (Å²) in [6.07, 6.45) is 0.943. The molecular formula is C16H13FN2S. The number of benzene rings is 2. The third-order valence-corrected chi connectivity index (χ3v) is 4.88. The van der Waals surface area contributed by atoms with Gasteiger partial charge in [0.15, 0.2) is 0 Å². The fourth-order valence-electron chi connectivity index (χ4n) is 2.69. The van der Waals surface area contributed by atoms with E-state index in [4.69, 9.17) is 0 Å². The van der Waals surface area contributed by atoms with Crippen molar-refractivity contribution < 1.29 is 4.39 Å². The van der Waals surface area contributed by atoms with Gasteiger partial charge < -0.3 is 5.32 Å². The monoisotopic (exact) mass is 284 g/mol. The third-order valence-electron chi connectivity index (χ3n) is 3.75. The van der Waals surface area contributed by atoms with Crippen molar-refractivity contribution in [3.63, 3.8) is 0 Å². The van der Waals surface area contributed by atoms with Crippen LogP contribution in [0.25, 0.3) is 10.2 Å². The predicted molar refractivity (Wildman–Crippen MR) is 79.3 cm³/mol. The molecule has 1 aliphatic rings. The van der Waals surface area contributed by atoms with Crippen LogP contribution in [-0.4, -0.2) is 4.98 Å². The maximum absolute atomic E-state index is 13.2. The molecule has 100 valence electrons. The predicted octanol–water partition coefficient (Wildman–Crippen LogP) is 3.82. The summed E-state index contributed by atoms with van der Waals surface area (Å²) >= 11 is 1.58. The van der Waals surface area contributed by atoms with Gasteiger partial charge in [-0.3, -0.25) is 0 Å². The molecule has 4 heteroatoms. The van der Waals surface area contributed by atoms with Crippen molar-refractivity contribution in [3.8, 4) is 0 Å². The van der Waals surface area contributed by atoms with E-state index in [0.717, 1.165) is 28.2 Å².